The maximum Gasteiger partial charge on any atom is 0.390 e. The summed E-state index contributed by atoms with van der Waals surface area (Å²) in [7, 11) is 0. The molecular weight excluding hydrogens is 243 g/mol. The molecule has 0 aromatic rings. The number of aliphatic carboxylic acids is 1. The topological polar surface area (TPSA) is 40.5 Å². The minimum atomic E-state index is -4.17. The van der Waals surface area contributed by atoms with E-state index in [1.165, 1.54) is 0 Å². The lowest BCUT2D eigenvalue weighted by Gasteiger charge is -2.34. The molecule has 1 fully saturated rings. The number of carboxylic acid groups (broad SMARTS) is 1. The molecule has 0 aliphatic carbocycles. The van der Waals surface area contributed by atoms with Gasteiger partial charge in [-0.3, -0.25) is 9.69 Å². The van der Waals surface area contributed by atoms with E-state index in [9.17, 15) is 18.0 Å². The normalized spacial score (nSPS) is 23.3. The SMILES string of the molecule is O=C(O)CC1CSCCN1CCC(F)(F)F. The molecule has 1 heterocycles. The van der Waals surface area contributed by atoms with Crippen molar-refractivity contribution in [2.75, 3.05) is 24.6 Å². The number of carboxylic acids is 1. The third kappa shape index (κ3) is 5.07. The van der Waals surface area contributed by atoms with Crippen LogP contribution in [0.3, 0.4) is 0 Å². The number of hydrogen-bond acceptors (Lipinski definition) is 3. The molecule has 0 bridgehead atoms. The van der Waals surface area contributed by atoms with E-state index in [1.807, 2.05) is 0 Å². The average molecular weight is 257 g/mol. The second-order valence-electron chi connectivity index (χ2n) is 3.73. The van der Waals surface area contributed by atoms with Crippen LogP contribution >= 0.6 is 11.8 Å². The third-order valence-electron chi connectivity index (χ3n) is 2.44. The van der Waals surface area contributed by atoms with E-state index in [0.717, 1.165) is 5.75 Å². The lowest BCUT2D eigenvalue weighted by Crippen LogP contribution is -2.44. The Hall–Kier alpha value is -0.430. The van der Waals surface area contributed by atoms with E-state index < -0.39 is 18.6 Å². The predicted octanol–water partition coefficient (Wildman–Crippen LogP) is 1.83. The smallest absolute Gasteiger partial charge is 0.390 e. The minimum absolute atomic E-state index is 0.0785. The molecule has 1 saturated heterocycles. The summed E-state index contributed by atoms with van der Waals surface area (Å²) in [4.78, 5) is 12.2. The van der Waals surface area contributed by atoms with Crippen LogP contribution in [0.1, 0.15) is 12.8 Å². The van der Waals surface area contributed by atoms with Crippen molar-refractivity contribution in [3.63, 3.8) is 0 Å². The maximum absolute atomic E-state index is 12.1. The fraction of sp³-hybridized carbons (Fsp3) is 0.889. The van der Waals surface area contributed by atoms with Crippen molar-refractivity contribution in [3.8, 4) is 0 Å². The summed E-state index contributed by atoms with van der Waals surface area (Å²) in [5.74, 6) is 0.419. The van der Waals surface area contributed by atoms with E-state index in [1.54, 1.807) is 16.7 Å². The van der Waals surface area contributed by atoms with E-state index in [2.05, 4.69) is 0 Å². The number of hydrogen-bond donors (Lipinski definition) is 1. The zero-order valence-electron chi connectivity index (χ0n) is 8.66. The highest BCUT2D eigenvalue weighted by Crippen LogP contribution is 2.24. The van der Waals surface area contributed by atoms with Gasteiger partial charge in [0.15, 0.2) is 0 Å². The molecule has 16 heavy (non-hydrogen) atoms. The lowest BCUT2D eigenvalue weighted by atomic mass is 10.2. The van der Waals surface area contributed by atoms with Crippen LogP contribution in [0.15, 0.2) is 0 Å². The van der Waals surface area contributed by atoms with E-state index in [0.29, 0.717) is 12.3 Å². The molecule has 1 unspecified atom stereocenters. The molecule has 3 nitrogen and oxygen atoms in total. The molecule has 7 heteroatoms. The third-order valence-corrected chi connectivity index (χ3v) is 3.53. The molecule has 1 atom stereocenters. The molecule has 0 aromatic heterocycles. The van der Waals surface area contributed by atoms with Crippen LogP contribution < -0.4 is 0 Å². The molecule has 1 aliphatic heterocycles. The number of nitrogens with zero attached hydrogens (tertiary/aromatic N) is 1. The maximum atomic E-state index is 12.1. The lowest BCUT2D eigenvalue weighted by molar-refractivity contribution is -0.141. The van der Waals surface area contributed by atoms with Crippen LogP contribution in [-0.2, 0) is 4.79 Å². The van der Waals surface area contributed by atoms with Crippen LogP contribution in [0, 0.1) is 0 Å². The zero-order valence-corrected chi connectivity index (χ0v) is 9.48. The predicted molar refractivity (Wildman–Crippen MR) is 55.6 cm³/mol. The number of alkyl halides is 3. The van der Waals surface area contributed by atoms with Crippen LogP contribution in [0.25, 0.3) is 0 Å². The Morgan fingerprint density at radius 1 is 1.50 bits per heavy atom. The van der Waals surface area contributed by atoms with Crippen molar-refractivity contribution in [2.24, 2.45) is 0 Å². The molecular formula is C9H14F3NO2S. The first-order valence-electron chi connectivity index (χ1n) is 4.99. The zero-order chi connectivity index (χ0) is 12.2. The summed E-state index contributed by atoms with van der Waals surface area (Å²) in [6.07, 6.45) is -5.11. The van der Waals surface area contributed by atoms with Gasteiger partial charge in [0, 0.05) is 30.6 Å². The van der Waals surface area contributed by atoms with Crippen LogP contribution in [0.4, 0.5) is 13.2 Å². The van der Waals surface area contributed by atoms with Crippen molar-refractivity contribution in [3.05, 3.63) is 0 Å². The van der Waals surface area contributed by atoms with Crippen LogP contribution in [0.5, 0.6) is 0 Å². The molecule has 94 valence electrons. The quantitative estimate of drug-likeness (QED) is 0.834. The summed E-state index contributed by atoms with van der Waals surface area (Å²) in [6, 6.07) is -0.265. The second kappa shape index (κ2) is 5.77. The highest BCUT2D eigenvalue weighted by molar-refractivity contribution is 7.99. The van der Waals surface area contributed by atoms with Gasteiger partial charge < -0.3 is 5.11 Å². The fourth-order valence-electron chi connectivity index (χ4n) is 1.64. The van der Waals surface area contributed by atoms with Gasteiger partial charge in [-0.05, 0) is 0 Å². The van der Waals surface area contributed by atoms with Gasteiger partial charge >= 0.3 is 12.1 Å². The van der Waals surface area contributed by atoms with Crippen molar-refractivity contribution >= 4 is 17.7 Å². The van der Waals surface area contributed by atoms with Crippen molar-refractivity contribution in [1.82, 2.24) is 4.90 Å². The fourth-order valence-corrected chi connectivity index (χ4v) is 2.77. The second-order valence-corrected chi connectivity index (χ2v) is 4.88. The van der Waals surface area contributed by atoms with Crippen LogP contribution in [-0.4, -0.2) is 52.8 Å². The number of rotatable bonds is 4. The first-order chi connectivity index (χ1) is 7.38. The van der Waals surface area contributed by atoms with Crippen molar-refractivity contribution in [2.45, 2.75) is 25.1 Å². The highest BCUT2D eigenvalue weighted by atomic mass is 32.2. The van der Waals surface area contributed by atoms with Gasteiger partial charge in [0.25, 0.3) is 0 Å². The van der Waals surface area contributed by atoms with Gasteiger partial charge in [-0.15, -0.1) is 0 Å². The Kier molecular flexibility index (Phi) is 4.91. The first-order valence-corrected chi connectivity index (χ1v) is 6.14. The van der Waals surface area contributed by atoms with Gasteiger partial charge in [-0.2, -0.15) is 24.9 Å². The van der Waals surface area contributed by atoms with Gasteiger partial charge in [-0.1, -0.05) is 0 Å². The van der Waals surface area contributed by atoms with Gasteiger partial charge in [0.1, 0.15) is 0 Å². The monoisotopic (exact) mass is 257 g/mol. The molecule has 1 aliphatic rings. The first kappa shape index (κ1) is 13.6. The van der Waals surface area contributed by atoms with E-state index >= 15 is 0 Å². The minimum Gasteiger partial charge on any atom is -0.481 e. The number of halogens is 3. The standard InChI is InChI=1S/C9H14F3NO2S/c10-9(11,12)1-2-13-3-4-16-6-7(13)5-8(14)15/h7H,1-6H2,(H,14,15). The van der Waals surface area contributed by atoms with Gasteiger partial charge in [-0.25, -0.2) is 0 Å². The number of thioether (sulfide) groups is 1. The largest absolute Gasteiger partial charge is 0.481 e. The molecule has 0 spiro atoms. The molecule has 0 aromatic carbocycles. The highest BCUT2D eigenvalue weighted by Gasteiger charge is 2.31. The van der Waals surface area contributed by atoms with Crippen molar-refractivity contribution in [1.29, 1.82) is 0 Å². The summed E-state index contributed by atoms with van der Waals surface area (Å²) in [5, 5.41) is 8.65. The Labute approximate surface area is 96.0 Å². The van der Waals surface area contributed by atoms with E-state index in [4.69, 9.17) is 5.11 Å². The summed E-state index contributed by atoms with van der Waals surface area (Å²) in [6.45, 7) is 0.445. The van der Waals surface area contributed by atoms with Crippen LogP contribution in [0.2, 0.25) is 0 Å². The Bertz CT molecular complexity index is 247. The molecule has 1 rings (SSSR count). The molecule has 0 saturated carbocycles. The summed E-state index contributed by atoms with van der Waals surface area (Å²) < 4.78 is 36.2. The van der Waals surface area contributed by atoms with Crippen molar-refractivity contribution < 1.29 is 23.1 Å². The molecule has 0 radical (unpaired) electrons. The summed E-state index contributed by atoms with van der Waals surface area (Å²) in [5.41, 5.74) is 0. The van der Waals surface area contributed by atoms with E-state index in [-0.39, 0.29) is 19.0 Å². The molecule has 0 amide bonds. The Morgan fingerprint density at radius 2 is 2.19 bits per heavy atom. The molecule has 1 N–H and O–H groups in total. The Balaban J connectivity index is 2.44. The number of carbonyl (C=O) groups is 1. The van der Waals surface area contributed by atoms with Gasteiger partial charge in [0.05, 0.1) is 12.8 Å². The van der Waals surface area contributed by atoms with Gasteiger partial charge in [0.2, 0.25) is 0 Å². The summed E-state index contributed by atoms with van der Waals surface area (Å²) >= 11 is 1.60. The Morgan fingerprint density at radius 3 is 2.75 bits per heavy atom. The average Bonchev–Trinajstić information content (AvgIpc) is 2.14.